The van der Waals surface area contributed by atoms with Crippen LogP contribution in [-0.4, -0.2) is 25.1 Å². The molecular weight excluding hydrogens is 260 g/mol. The Bertz CT molecular complexity index is 551. The van der Waals surface area contributed by atoms with Crippen molar-refractivity contribution in [3.05, 3.63) is 59.7 Å². The summed E-state index contributed by atoms with van der Waals surface area (Å²) < 4.78 is 5.70. The first-order valence-electron chi connectivity index (χ1n) is 7.36. The van der Waals surface area contributed by atoms with Gasteiger partial charge in [0.15, 0.2) is 0 Å². The fourth-order valence-electron chi connectivity index (χ4n) is 2.21. The van der Waals surface area contributed by atoms with E-state index in [9.17, 15) is 0 Å². The summed E-state index contributed by atoms with van der Waals surface area (Å²) in [6, 6.07) is 16.3. The molecule has 0 saturated carbocycles. The Labute approximate surface area is 127 Å². The summed E-state index contributed by atoms with van der Waals surface area (Å²) in [5, 5.41) is 0. The van der Waals surface area contributed by atoms with Gasteiger partial charge in [-0.2, -0.15) is 0 Å². The minimum absolute atomic E-state index is 0.687. The monoisotopic (exact) mass is 284 g/mol. The molecule has 0 saturated heterocycles. The second-order valence-electron chi connectivity index (χ2n) is 5.46. The highest BCUT2D eigenvalue weighted by atomic mass is 16.5. The van der Waals surface area contributed by atoms with Crippen LogP contribution in [0.5, 0.6) is 5.75 Å². The quantitative estimate of drug-likeness (QED) is 0.625. The molecule has 0 aliphatic rings. The number of ether oxygens (including phenoxy) is 1. The number of aryl methyl sites for hydroxylation is 1. The highest BCUT2D eigenvalue weighted by molar-refractivity contribution is 5.51. The number of nitrogens with two attached hydrogens (primary N) is 1. The van der Waals surface area contributed by atoms with Crippen LogP contribution in [0.3, 0.4) is 0 Å². The summed E-state index contributed by atoms with van der Waals surface area (Å²) in [5.41, 5.74) is 9.19. The molecule has 0 amide bonds. The van der Waals surface area contributed by atoms with Crippen molar-refractivity contribution in [2.24, 2.45) is 0 Å². The van der Waals surface area contributed by atoms with Crippen LogP contribution in [0.2, 0.25) is 0 Å². The third-order valence-electron chi connectivity index (χ3n) is 3.43. The lowest BCUT2D eigenvalue weighted by Crippen LogP contribution is -2.20. The number of benzene rings is 2. The number of para-hydroxylation sites is 2. The third kappa shape index (κ3) is 5.12. The molecule has 112 valence electrons. The Balaban J connectivity index is 1.68. The molecule has 0 atom stereocenters. The molecule has 3 nitrogen and oxygen atoms in total. The van der Waals surface area contributed by atoms with Gasteiger partial charge in [0.25, 0.3) is 0 Å². The van der Waals surface area contributed by atoms with Gasteiger partial charge in [0, 0.05) is 13.1 Å². The maximum absolute atomic E-state index is 5.84. The van der Waals surface area contributed by atoms with Gasteiger partial charge in [0.2, 0.25) is 0 Å². The van der Waals surface area contributed by atoms with E-state index in [-0.39, 0.29) is 0 Å². The summed E-state index contributed by atoms with van der Waals surface area (Å²) in [6.07, 6.45) is 0.983. The van der Waals surface area contributed by atoms with Crippen molar-refractivity contribution < 1.29 is 4.74 Å². The van der Waals surface area contributed by atoms with Crippen molar-refractivity contribution in [3.8, 4) is 5.75 Å². The van der Waals surface area contributed by atoms with Gasteiger partial charge in [0.1, 0.15) is 5.75 Å². The molecule has 2 aromatic carbocycles. The molecule has 0 aliphatic carbocycles. The van der Waals surface area contributed by atoms with Crippen LogP contribution in [0.25, 0.3) is 0 Å². The lowest BCUT2D eigenvalue weighted by Gasteiger charge is -2.17. The molecule has 0 radical (unpaired) electrons. The van der Waals surface area contributed by atoms with Gasteiger partial charge >= 0.3 is 0 Å². The zero-order valence-corrected chi connectivity index (χ0v) is 12.9. The van der Waals surface area contributed by atoms with E-state index in [4.69, 9.17) is 10.5 Å². The van der Waals surface area contributed by atoms with Crippen molar-refractivity contribution in [3.63, 3.8) is 0 Å². The Hall–Kier alpha value is -2.00. The van der Waals surface area contributed by atoms with Crippen LogP contribution in [0.15, 0.2) is 48.5 Å². The molecule has 21 heavy (non-hydrogen) atoms. The zero-order valence-electron chi connectivity index (χ0n) is 12.9. The second kappa shape index (κ2) is 7.70. The number of nitrogen functional groups attached to an aromatic ring is 1. The molecule has 0 fully saturated rings. The zero-order chi connectivity index (χ0) is 15.1. The van der Waals surface area contributed by atoms with Crippen LogP contribution in [-0.2, 0) is 6.54 Å². The molecule has 2 rings (SSSR count). The molecule has 0 bridgehead atoms. The summed E-state index contributed by atoms with van der Waals surface area (Å²) in [7, 11) is 2.14. The standard InChI is InChI=1S/C18H24N2O/c1-15-8-10-16(11-9-15)14-20(2)12-5-13-21-18-7-4-3-6-17(18)19/h3-4,6-11H,5,12-14,19H2,1-2H3. The molecule has 2 aromatic rings. The molecule has 2 N–H and O–H groups in total. The van der Waals surface area contributed by atoms with Gasteiger partial charge in [-0.3, -0.25) is 0 Å². The van der Waals surface area contributed by atoms with E-state index in [1.165, 1.54) is 11.1 Å². The van der Waals surface area contributed by atoms with Crippen molar-refractivity contribution in [1.82, 2.24) is 4.90 Å². The Morgan fingerprint density at radius 1 is 1.05 bits per heavy atom. The molecule has 0 unspecified atom stereocenters. The number of rotatable bonds is 7. The number of hydrogen-bond acceptors (Lipinski definition) is 3. The van der Waals surface area contributed by atoms with Crippen molar-refractivity contribution in [1.29, 1.82) is 0 Å². The van der Waals surface area contributed by atoms with E-state index in [1.54, 1.807) is 0 Å². The summed E-state index contributed by atoms with van der Waals surface area (Å²) in [5.74, 6) is 0.777. The van der Waals surface area contributed by atoms with E-state index in [1.807, 2.05) is 24.3 Å². The maximum Gasteiger partial charge on any atom is 0.142 e. The Kier molecular flexibility index (Phi) is 5.64. The van der Waals surface area contributed by atoms with Gasteiger partial charge in [-0.15, -0.1) is 0 Å². The average molecular weight is 284 g/mol. The number of hydrogen-bond donors (Lipinski definition) is 1. The fourth-order valence-corrected chi connectivity index (χ4v) is 2.21. The van der Waals surface area contributed by atoms with Gasteiger partial charge in [-0.25, -0.2) is 0 Å². The largest absolute Gasteiger partial charge is 0.491 e. The number of nitrogens with zero attached hydrogens (tertiary/aromatic N) is 1. The third-order valence-corrected chi connectivity index (χ3v) is 3.43. The average Bonchev–Trinajstić information content (AvgIpc) is 2.48. The molecule has 0 aromatic heterocycles. The van der Waals surface area contributed by atoms with Crippen molar-refractivity contribution in [2.75, 3.05) is 25.9 Å². The van der Waals surface area contributed by atoms with E-state index in [2.05, 4.69) is 43.1 Å². The molecular formula is C18H24N2O. The van der Waals surface area contributed by atoms with Crippen LogP contribution in [0.1, 0.15) is 17.5 Å². The first-order valence-corrected chi connectivity index (χ1v) is 7.36. The van der Waals surface area contributed by atoms with Gasteiger partial charge in [-0.1, -0.05) is 42.0 Å². The lowest BCUT2D eigenvalue weighted by molar-refractivity contribution is 0.259. The predicted octanol–water partition coefficient (Wildman–Crippen LogP) is 3.48. The van der Waals surface area contributed by atoms with Crippen LogP contribution < -0.4 is 10.5 Å². The van der Waals surface area contributed by atoms with E-state index in [0.29, 0.717) is 12.3 Å². The van der Waals surface area contributed by atoms with Crippen molar-refractivity contribution in [2.45, 2.75) is 19.9 Å². The summed E-state index contributed by atoms with van der Waals surface area (Å²) in [4.78, 5) is 2.31. The van der Waals surface area contributed by atoms with E-state index < -0.39 is 0 Å². The van der Waals surface area contributed by atoms with E-state index in [0.717, 1.165) is 25.3 Å². The first kappa shape index (κ1) is 15.4. The summed E-state index contributed by atoms with van der Waals surface area (Å²) in [6.45, 7) is 4.76. The van der Waals surface area contributed by atoms with E-state index >= 15 is 0 Å². The lowest BCUT2D eigenvalue weighted by atomic mass is 10.1. The van der Waals surface area contributed by atoms with Crippen LogP contribution in [0.4, 0.5) is 5.69 Å². The molecule has 0 spiro atoms. The topological polar surface area (TPSA) is 38.5 Å². The first-order chi connectivity index (χ1) is 10.1. The fraction of sp³-hybridized carbons (Fsp3) is 0.333. The smallest absolute Gasteiger partial charge is 0.142 e. The SMILES string of the molecule is Cc1ccc(CN(C)CCCOc2ccccc2N)cc1. The normalized spacial score (nSPS) is 10.8. The Morgan fingerprint density at radius 2 is 1.76 bits per heavy atom. The van der Waals surface area contributed by atoms with Gasteiger partial charge < -0.3 is 15.4 Å². The molecule has 3 heteroatoms. The maximum atomic E-state index is 5.84. The van der Waals surface area contributed by atoms with Crippen LogP contribution in [0, 0.1) is 6.92 Å². The van der Waals surface area contributed by atoms with Crippen molar-refractivity contribution >= 4 is 5.69 Å². The highest BCUT2D eigenvalue weighted by Crippen LogP contribution is 2.19. The predicted molar refractivity (Wildman–Crippen MR) is 88.5 cm³/mol. The second-order valence-corrected chi connectivity index (χ2v) is 5.46. The molecule has 0 heterocycles. The minimum Gasteiger partial charge on any atom is -0.491 e. The minimum atomic E-state index is 0.687. The Morgan fingerprint density at radius 3 is 2.48 bits per heavy atom. The van der Waals surface area contributed by atoms with Gasteiger partial charge in [-0.05, 0) is 38.1 Å². The summed E-state index contributed by atoms with van der Waals surface area (Å²) >= 11 is 0. The van der Waals surface area contributed by atoms with Gasteiger partial charge in [0.05, 0.1) is 12.3 Å². The highest BCUT2D eigenvalue weighted by Gasteiger charge is 2.02. The molecule has 0 aliphatic heterocycles. The van der Waals surface area contributed by atoms with Crippen LogP contribution >= 0.6 is 0 Å². The number of anilines is 1.